The number of hydrogen-bond donors (Lipinski definition) is 0. The molecule has 1 heterocycles. The molecule has 0 bridgehead atoms. The summed E-state index contributed by atoms with van der Waals surface area (Å²) in [6.45, 7) is 1.38. The fourth-order valence-corrected chi connectivity index (χ4v) is 1.92. The molecule has 0 unspecified atom stereocenters. The smallest absolute Gasteiger partial charge is 0.416 e. The summed E-state index contributed by atoms with van der Waals surface area (Å²) >= 11 is 5.85. The van der Waals surface area contributed by atoms with Crippen LogP contribution in [0.15, 0.2) is 36.4 Å². The van der Waals surface area contributed by atoms with E-state index in [2.05, 4.69) is 4.98 Å². The van der Waals surface area contributed by atoms with Crippen LogP contribution in [0.5, 0.6) is 0 Å². The second kappa shape index (κ2) is 6.36. The average Bonchev–Trinajstić information content (AvgIpc) is 2.47. The Morgan fingerprint density at radius 2 is 2.00 bits per heavy atom. The first-order valence-electron chi connectivity index (χ1n) is 6.24. The topological polar surface area (TPSA) is 39.2 Å². The van der Waals surface area contributed by atoms with Crippen LogP contribution >= 0.6 is 11.6 Å². The molecule has 22 heavy (non-hydrogen) atoms. The molecule has 0 saturated carbocycles. The maximum Gasteiger partial charge on any atom is 0.416 e. The second-order valence-corrected chi connectivity index (χ2v) is 4.96. The van der Waals surface area contributed by atoms with Crippen LogP contribution in [-0.4, -0.2) is 11.0 Å². The zero-order valence-corrected chi connectivity index (χ0v) is 12.2. The van der Waals surface area contributed by atoms with Crippen molar-refractivity contribution in [2.24, 2.45) is 0 Å². The van der Waals surface area contributed by atoms with E-state index in [4.69, 9.17) is 16.3 Å². The summed E-state index contributed by atoms with van der Waals surface area (Å²) in [6, 6.07) is 7.71. The molecule has 2 aromatic rings. The molecule has 0 amide bonds. The second-order valence-electron chi connectivity index (χ2n) is 4.56. The fraction of sp³-hybridized carbons (Fsp3) is 0.200. The lowest BCUT2D eigenvalue weighted by atomic mass is 10.1. The molecule has 0 aliphatic heterocycles. The summed E-state index contributed by atoms with van der Waals surface area (Å²) in [5.74, 6) is -0.786. The maximum atomic E-state index is 12.6. The molecule has 0 spiro atoms. The van der Waals surface area contributed by atoms with Gasteiger partial charge in [0.2, 0.25) is 0 Å². The summed E-state index contributed by atoms with van der Waals surface area (Å²) in [5, 5.41) is 0.125. The van der Waals surface area contributed by atoms with Crippen LogP contribution in [0, 0.1) is 6.92 Å². The quantitative estimate of drug-likeness (QED) is 0.782. The third-order valence-corrected chi connectivity index (χ3v) is 3.11. The Morgan fingerprint density at radius 3 is 2.68 bits per heavy atom. The number of rotatable bonds is 3. The van der Waals surface area contributed by atoms with Gasteiger partial charge < -0.3 is 4.74 Å². The van der Waals surface area contributed by atoms with Crippen LogP contribution in [0.3, 0.4) is 0 Å². The summed E-state index contributed by atoms with van der Waals surface area (Å²) in [5.41, 5.74) is -0.0521. The molecule has 0 saturated heterocycles. The van der Waals surface area contributed by atoms with E-state index in [9.17, 15) is 18.0 Å². The van der Waals surface area contributed by atoms with Gasteiger partial charge in [-0.15, -0.1) is 0 Å². The van der Waals surface area contributed by atoms with E-state index in [0.717, 1.165) is 12.1 Å². The average molecular weight is 330 g/mol. The molecule has 0 atom stereocenters. The highest BCUT2D eigenvalue weighted by Crippen LogP contribution is 2.29. The minimum absolute atomic E-state index is 0.0614. The lowest BCUT2D eigenvalue weighted by molar-refractivity contribution is -0.137. The molecule has 0 N–H and O–H groups in total. The van der Waals surface area contributed by atoms with Crippen molar-refractivity contribution < 1.29 is 22.7 Å². The SMILES string of the molecule is Cc1ccc(Cl)c(C(=O)OCc2cccc(C(F)(F)F)c2)n1. The molecule has 0 radical (unpaired) electrons. The normalized spacial score (nSPS) is 11.3. The van der Waals surface area contributed by atoms with Gasteiger partial charge in [0.05, 0.1) is 10.6 Å². The minimum atomic E-state index is -4.44. The highest BCUT2D eigenvalue weighted by atomic mass is 35.5. The Balaban J connectivity index is 2.10. The van der Waals surface area contributed by atoms with Crippen LogP contribution in [0.1, 0.15) is 27.3 Å². The van der Waals surface area contributed by atoms with Gasteiger partial charge >= 0.3 is 12.1 Å². The van der Waals surface area contributed by atoms with Gasteiger partial charge in [-0.05, 0) is 36.8 Å². The summed E-state index contributed by atoms with van der Waals surface area (Å²) in [4.78, 5) is 15.8. The molecule has 0 aliphatic rings. The Morgan fingerprint density at radius 1 is 1.27 bits per heavy atom. The van der Waals surface area contributed by atoms with Gasteiger partial charge in [-0.3, -0.25) is 0 Å². The van der Waals surface area contributed by atoms with E-state index in [1.165, 1.54) is 18.2 Å². The van der Waals surface area contributed by atoms with Gasteiger partial charge in [-0.2, -0.15) is 13.2 Å². The highest BCUT2D eigenvalue weighted by molar-refractivity contribution is 6.33. The number of ether oxygens (including phenoxy) is 1. The molecule has 0 fully saturated rings. The van der Waals surface area contributed by atoms with Gasteiger partial charge in [0, 0.05) is 5.69 Å². The van der Waals surface area contributed by atoms with Crippen LogP contribution in [0.2, 0.25) is 5.02 Å². The lowest BCUT2D eigenvalue weighted by Gasteiger charge is -2.09. The van der Waals surface area contributed by atoms with Crippen LogP contribution in [0.25, 0.3) is 0 Å². The van der Waals surface area contributed by atoms with E-state index >= 15 is 0 Å². The molecule has 1 aromatic heterocycles. The van der Waals surface area contributed by atoms with Crippen molar-refractivity contribution in [1.82, 2.24) is 4.98 Å². The standard InChI is InChI=1S/C15H11ClF3NO2/c1-9-5-6-12(16)13(20-9)14(21)22-8-10-3-2-4-11(7-10)15(17,18)19/h2-7H,8H2,1H3. The molecule has 2 rings (SSSR count). The lowest BCUT2D eigenvalue weighted by Crippen LogP contribution is -2.10. The van der Waals surface area contributed by atoms with Gasteiger partial charge in [-0.25, -0.2) is 9.78 Å². The third-order valence-electron chi connectivity index (χ3n) is 2.80. The van der Waals surface area contributed by atoms with Crippen molar-refractivity contribution in [2.45, 2.75) is 19.7 Å². The number of halogens is 4. The number of nitrogens with zero attached hydrogens (tertiary/aromatic N) is 1. The van der Waals surface area contributed by atoms with E-state index < -0.39 is 17.7 Å². The Kier molecular flexibility index (Phi) is 4.71. The van der Waals surface area contributed by atoms with Crippen molar-refractivity contribution >= 4 is 17.6 Å². The van der Waals surface area contributed by atoms with Gasteiger partial charge in [0.15, 0.2) is 5.69 Å². The maximum absolute atomic E-state index is 12.6. The number of esters is 1. The number of aryl methyl sites for hydroxylation is 1. The molecular formula is C15H11ClF3NO2. The number of benzene rings is 1. The van der Waals surface area contributed by atoms with Crippen molar-refractivity contribution in [3.8, 4) is 0 Å². The predicted molar refractivity (Wildman–Crippen MR) is 74.5 cm³/mol. The largest absolute Gasteiger partial charge is 0.456 e. The Bertz CT molecular complexity index is 701. The van der Waals surface area contributed by atoms with Gasteiger partial charge in [-0.1, -0.05) is 23.7 Å². The fourth-order valence-electron chi connectivity index (χ4n) is 1.74. The molecule has 7 heteroatoms. The number of carbonyl (C=O) groups is 1. The molecular weight excluding hydrogens is 319 g/mol. The Hall–Kier alpha value is -2.08. The zero-order chi connectivity index (χ0) is 16.3. The molecule has 3 nitrogen and oxygen atoms in total. The summed E-state index contributed by atoms with van der Waals surface area (Å²) < 4.78 is 42.7. The first-order chi connectivity index (χ1) is 10.3. The zero-order valence-electron chi connectivity index (χ0n) is 11.4. The number of aromatic nitrogens is 1. The van der Waals surface area contributed by atoms with Crippen LogP contribution in [-0.2, 0) is 17.5 Å². The van der Waals surface area contributed by atoms with Gasteiger partial charge in [0.25, 0.3) is 0 Å². The number of hydrogen-bond acceptors (Lipinski definition) is 3. The van der Waals surface area contributed by atoms with Crippen molar-refractivity contribution in [3.63, 3.8) is 0 Å². The van der Waals surface area contributed by atoms with E-state index in [-0.39, 0.29) is 22.9 Å². The van der Waals surface area contributed by atoms with Crippen molar-refractivity contribution in [1.29, 1.82) is 0 Å². The number of alkyl halides is 3. The van der Waals surface area contributed by atoms with Crippen molar-refractivity contribution in [2.75, 3.05) is 0 Å². The first-order valence-corrected chi connectivity index (χ1v) is 6.61. The highest BCUT2D eigenvalue weighted by Gasteiger charge is 2.30. The number of carbonyl (C=O) groups excluding carboxylic acids is 1. The van der Waals surface area contributed by atoms with E-state index in [1.54, 1.807) is 13.0 Å². The molecule has 0 aliphatic carbocycles. The van der Waals surface area contributed by atoms with Crippen molar-refractivity contribution in [3.05, 3.63) is 63.9 Å². The van der Waals surface area contributed by atoms with E-state index in [1.807, 2.05) is 0 Å². The molecule has 1 aromatic carbocycles. The van der Waals surface area contributed by atoms with Gasteiger partial charge in [0.1, 0.15) is 6.61 Å². The first kappa shape index (κ1) is 16.3. The monoisotopic (exact) mass is 329 g/mol. The molecule has 116 valence electrons. The van der Waals surface area contributed by atoms with Crippen LogP contribution in [0.4, 0.5) is 13.2 Å². The number of pyridine rings is 1. The predicted octanol–water partition coefficient (Wildman–Crippen LogP) is 4.42. The van der Waals surface area contributed by atoms with Crippen LogP contribution < -0.4 is 0 Å². The Labute approximate surface area is 129 Å². The summed E-state index contributed by atoms with van der Waals surface area (Å²) in [7, 11) is 0. The third kappa shape index (κ3) is 3.98. The summed E-state index contributed by atoms with van der Waals surface area (Å²) in [6.07, 6.45) is -4.44. The van der Waals surface area contributed by atoms with E-state index in [0.29, 0.717) is 5.69 Å². The minimum Gasteiger partial charge on any atom is -0.456 e.